The third kappa shape index (κ3) is 2.09. The Labute approximate surface area is 129 Å². The van der Waals surface area contributed by atoms with Gasteiger partial charge in [-0.25, -0.2) is 0 Å². The average Bonchev–Trinajstić information content (AvgIpc) is 2.51. The van der Waals surface area contributed by atoms with E-state index < -0.39 is 11.4 Å². The Bertz CT molecular complexity index is 740. The highest BCUT2D eigenvalue weighted by Gasteiger charge is 2.44. The van der Waals surface area contributed by atoms with E-state index in [2.05, 4.69) is 10.3 Å². The van der Waals surface area contributed by atoms with Gasteiger partial charge in [0.15, 0.2) is 0 Å². The van der Waals surface area contributed by atoms with Crippen molar-refractivity contribution < 1.29 is 14.6 Å². The van der Waals surface area contributed by atoms with Gasteiger partial charge in [-0.05, 0) is 32.0 Å². The molecule has 1 atom stereocenters. The molecule has 1 unspecified atom stereocenters. The van der Waals surface area contributed by atoms with Gasteiger partial charge in [-0.2, -0.15) is 4.98 Å². The van der Waals surface area contributed by atoms with Gasteiger partial charge < -0.3 is 15.2 Å². The predicted molar refractivity (Wildman–Crippen MR) is 83.6 cm³/mol. The number of nitrogens with one attached hydrogen (secondary N) is 1. The molecule has 1 aliphatic rings. The van der Waals surface area contributed by atoms with Crippen molar-refractivity contribution in [3.63, 3.8) is 0 Å². The van der Waals surface area contributed by atoms with Crippen LogP contribution in [0.15, 0.2) is 36.4 Å². The quantitative estimate of drug-likeness (QED) is 0.907. The molecule has 2 N–H and O–H groups in total. The van der Waals surface area contributed by atoms with Crippen molar-refractivity contribution in [2.75, 3.05) is 12.4 Å². The van der Waals surface area contributed by atoms with E-state index in [-0.39, 0.29) is 5.92 Å². The highest BCUT2D eigenvalue weighted by atomic mass is 16.5. The molecule has 0 radical (unpaired) electrons. The first kappa shape index (κ1) is 14.4. The van der Waals surface area contributed by atoms with Crippen LogP contribution < -0.4 is 10.1 Å². The summed E-state index contributed by atoms with van der Waals surface area (Å²) in [7, 11) is 1.78. The number of pyridine rings is 1. The van der Waals surface area contributed by atoms with E-state index >= 15 is 0 Å². The van der Waals surface area contributed by atoms with Crippen LogP contribution in [0.5, 0.6) is 11.6 Å². The fourth-order valence-corrected chi connectivity index (χ4v) is 2.88. The fraction of sp³-hybridized carbons (Fsp3) is 0.294. The minimum absolute atomic E-state index is 0.316. The van der Waals surface area contributed by atoms with Crippen LogP contribution in [0, 0.1) is 5.41 Å². The summed E-state index contributed by atoms with van der Waals surface area (Å²) in [6.07, 6.45) is 0. The summed E-state index contributed by atoms with van der Waals surface area (Å²) >= 11 is 0. The van der Waals surface area contributed by atoms with Crippen LogP contribution in [0.1, 0.15) is 30.9 Å². The van der Waals surface area contributed by atoms with Crippen LogP contribution in [0.2, 0.25) is 0 Å². The number of rotatable bonds is 3. The molecule has 5 nitrogen and oxygen atoms in total. The van der Waals surface area contributed by atoms with Crippen molar-refractivity contribution in [1.29, 1.82) is 0 Å². The van der Waals surface area contributed by atoms with Gasteiger partial charge in [0.2, 0.25) is 5.88 Å². The maximum Gasteiger partial charge on any atom is 0.310 e. The SMILES string of the molecule is CNc1ccc2c(n1)Oc1ccccc1C2C(C)(C)C(=O)O. The summed E-state index contributed by atoms with van der Waals surface area (Å²) in [4.78, 5) is 16.2. The Kier molecular flexibility index (Phi) is 3.28. The number of fused-ring (bicyclic) bond motifs is 2. The summed E-state index contributed by atoms with van der Waals surface area (Å²) in [6.45, 7) is 3.47. The molecule has 22 heavy (non-hydrogen) atoms. The van der Waals surface area contributed by atoms with E-state index in [4.69, 9.17) is 4.74 Å². The Morgan fingerprint density at radius 3 is 2.64 bits per heavy atom. The zero-order valence-corrected chi connectivity index (χ0v) is 12.8. The molecule has 0 amide bonds. The monoisotopic (exact) mass is 298 g/mol. The number of carboxylic acids is 1. The van der Waals surface area contributed by atoms with Crippen LogP contribution in [0.4, 0.5) is 5.82 Å². The Hall–Kier alpha value is -2.56. The number of hydrogen-bond acceptors (Lipinski definition) is 4. The number of carbonyl (C=O) groups is 1. The average molecular weight is 298 g/mol. The molecule has 114 valence electrons. The number of benzene rings is 1. The maximum atomic E-state index is 11.8. The molecule has 0 spiro atoms. The van der Waals surface area contributed by atoms with Crippen molar-refractivity contribution in [2.24, 2.45) is 5.41 Å². The van der Waals surface area contributed by atoms with Gasteiger partial charge in [0.1, 0.15) is 11.6 Å². The fourth-order valence-electron chi connectivity index (χ4n) is 2.88. The largest absolute Gasteiger partial charge is 0.481 e. The van der Waals surface area contributed by atoms with Crippen molar-refractivity contribution >= 4 is 11.8 Å². The highest BCUT2D eigenvalue weighted by molar-refractivity contribution is 5.77. The Morgan fingerprint density at radius 2 is 1.95 bits per heavy atom. The number of aromatic nitrogens is 1. The first-order chi connectivity index (χ1) is 10.4. The zero-order valence-electron chi connectivity index (χ0n) is 12.8. The molecule has 2 aromatic rings. The van der Waals surface area contributed by atoms with Gasteiger partial charge in [0.25, 0.3) is 0 Å². The molecular formula is C17H18N2O3. The van der Waals surface area contributed by atoms with Gasteiger partial charge in [-0.1, -0.05) is 18.2 Å². The summed E-state index contributed by atoms with van der Waals surface area (Å²) in [5.74, 6) is 0.645. The lowest BCUT2D eigenvalue weighted by molar-refractivity contribution is -0.147. The second-order valence-electron chi connectivity index (χ2n) is 5.94. The number of ether oxygens (including phenoxy) is 1. The lowest BCUT2D eigenvalue weighted by Crippen LogP contribution is -2.33. The normalized spacial score (nSPS) is 16.2. The molecule has 3 rings (SSSR count). The molecule has 0 aliphatic carbocycles. The molecular weight excluding hydrogens is 280 g/mol. The van der Waals surface area contributed by atoms with E-state index in [1.54, 1.807) is 20.9 Å². The maximum absolute atomic E-state index is 11.8. The summed E-state index contributed by atoms with van der Waals surface area (Å²) in [6, 6.07) is 11.3. The van der Waals surface area contributed by atoms with Gasteiger partial charge in [0.05, 0.1) is 5.41 Å². The molecule has 0 fully saturated rings. The molecule has 5 heteroatoms. The summed E-state index contributed by atoms with van der Waals surface area (Å²) in [5.41, 5.74) is 0.698. The van der Waals surface area contributed by atoms with Crippen molar-refractivity contribution in [3.05, 3.63) is 47.5 Å². The number of anilines is 1. The van der Waals surface area contributed by atoms with Gasteiger partial charge >= 0.3 is 5.97 Å². The van der Waals surface area contributed by atoms with Crippen molar-refractivity contribution in [2.45, 2.75) is 19.8 Å². The van der Waals surface area contributed by atoms with Crippen LogP contribution >= 0.6 is 0 Å². The number of para-hydroxylation sites is 1. The summed E-state index contributed by atoms with van der Waals surface area (Å²) < 4.78 is 5.88. The molecule has 1 aromatic heterocycles. The van der Waals surface area contributed by atoms with Gasteiger partial charge in [-0.15, -0.1) is 0 Å². The van der Waals surface area contributed by atoms with E-state index in [1.165, 1.54) is 0 Å². The van der Waals surface area contributed by atoms with Gasteiger partial charge in [0, 0.05) is 24.1 Å². The van der Waals surface area contributed by atoms with E-state index in [1.807, 2.05) is 36.4 Å². The predicted octanol–water partition coefficient (Wildman–Crippen LogP) is 3.47. The Balaban J connectivity index is 2.23. The van der Waals surface area contributed by atoms with Crippen LogP contribution in [-0.2, 0) is 4.79 Å². The van der Waals surface area contributed by atoms with Gasteiger partial charge in [-0.3, -0.25) is 4.79 Å². The second-order valence-corrected chi connectivity index (χ2v) is 5.94. The molecule has 1 aromatic carbocycles. The number of aliphatic carboxylic acids is 1. The number of hydrogen-bond donors (Lipinski definition) is 2. The lowest BCUT2D eigenvalue weighted by atomic mass is 9.70. The van der Waals surface area contributed by atoms with Crippen LogP contribution in [-0.4, -0.2) is 23.1 Å². The lowest BCUT2D eigenvalue weighted by Gasteiger charge is -2.35. The third-order valence-corrected chi connectivity index (χ3v) is 4.17. The first-order valence-electron chi connectivity index (χ1n) is 7.14. The van der Waals surface area contributed by atoms with E-state index in [9.17, 15) is 9.90 Å². The van der Waals surface area contributed by atoms with Crippen LogP contribution in [0.3, 0.4) is 0 Å². The number of carboxylic acid groups (broad SMARTS) is 1. The van der Waals surface area contributed by atoms with E-state index in [0.717, 1.165) is 11.1 Å². The molecule has 1 aliphatic heterocycles. The molecule has 0 saturated carbocycles. The third-order valence-electron chi connectivity index (χ3n) is 4.17. The smallest absolute Gasteiger partial charge is 0.310 e. The number of nitrogens with zero attached hydrogens (tertiary/aromatic N) is 1. The zero-order chi connectivity index (χ0) is 15.9. The molecule has 2 heterocycles. The topological polar surface area (TPSA) is 71.5 Å². The highest BCUT2D eigenvalue weighted by Crippen LogP contribution is 2.51. The van der Waals surface area contributed by atoms with E-state index in [0.29, 0.717) is 17.4 Å². The minimum Gasteiger partial charge on any atom is -0.481 e. The van der Waals surface area contributed by atoms with Crippen molar-refractivity contribution in [3.8, 4) is 11.6 Å². The standard InChI is InChI=1S/C17H18N2O3/c1-17(2,16(20)21)14-10-6-4-5-7-12(10)22-15-11(14)8-9-13(18-3)19-15/h4-9,14H,1-3H3,(H,18,19)(H,20,21). The second kappa shape index (κ2) is 5.02. The summed E-state index contributed by atoms with van der Waals surface area (Å²) in [5, 5.41) is 12.6. The Morgan fingerprint density at radius 1 is 1.23 bits per heavy atom. The minimum atomic E-state index is -0.975. The van der Waals surface area contributed by atoms with Crippen molar-refractivity contribution in [1.82, 2.24) is 4.98 Å². The van der Waals surface area contributed by atoms with Crippen LogP contribution in [0.25, 0.3) is 0 Å². The molecule has 0 saturated heterocycles. The first-order valence-corrected chi connectivity index (χ1v) is 7.14. The molecule has 0 bridgehead atoms.